The molecule has 0 aliphatic carbocycles. The molecule has 2 rings (SSSR count). The molecule has 0 bridgehead atoms. The van der Waals surface area contributed by atoms with Crippen LogP contribution in [0.15, 0.2) is 42.5 Å². The third-order valence-corrected chi connectivity index (χ3v) is 2.91. The van der Waals surface area contributed by atoms with Crippen molar-refractivity contribution in [1.82, 2.24) is 0 Å². The van der Waals surface area contributed by atoms with Crippen molar-refractivity contribution < 1.29 is 9.66 Å². The van der Waals surface area contributed by atoms with E-state index in [4.69, 9.17) is 10.5 Å². The quantitative estimate of drug-likeness (QED) is 0.496. The molecule has 3 N–H and O–H groups in total. The van der Waals surface area contributed by atoms with Gasteiger partial charge >= 0.3 is 5.69 Å². The molecule has 0 saturated carbocycles. The van der Waals surface area contributed by atoms with Crippen LogP contribution in [0.5, 0.6) is 5.75 Å². The number of benzene rings is 2. The Morgan fingerprint density at radius 2 is 2.00 bits per heavy atom. The van der Waals surface area contributed by atoms with Crippen LogP contribution in [0, 0.1) is 10.1 Å². The molecule has 0 radical (unpaired) electrons. The van der Waals surface area contributed by atoms with Gasteiger partial charge in [0.1, 0.15) is 17.1 Å². The number of nitrogen functional groups attached to an aromatic ring is 1. The van der Waals surface area contributed by atoms with E-state index in [0.29, 0.717) is 12.2 Å². The molecule has 2 aromatic carbocycles. The first-order chi connectivity index (χ1) is 9.63. The summed E-state index contributed by atoms with van der Waals surface area (Å²) in [6, 6.07) is 12.3. The number of hydrogen-bond acceptors (Lipinski definition) is 5. The lowest BCUT2D eigenvalue weighted by Crippen LogP contribution is -2.05. The Hall–Kier alpha value is -2.76. The fraction of sp³-hybridized carbons (Fsp3) is 0.143. The lowest BCUT2D eigenvalue weighted by Gasteiger charge is -2.11. The number of anilines is 2. The van der Waals surface area contributed by atoms with Crippen LogP contribution in [0.4, 0.5) is 17.1 Å². The third kappa shape index (κ3) is 2.80. The average molecular weight is 273 g/mol. The average Bonchev–Trinajstić information content (AvgIpc) is 2.45. The van der Waals surface area contributed by atoms with E-state index in [0.717, 1.165) is 11.3 Å². The third-order valence-electron chi connectivity index (χ3n) is 2.91. The maximum atomic E-state index is 11.0. The number of nitrogens with two attached hydrogens (primary N) is 1. The smallest absolute Gasteiger partial charge is 0.314 e. The predicted molar refractivity (Wildman–Crippen MR) is 77.8 cm³/mol. The van der Waals surface area contributed by atoms with E-state index in [-0.39, 0.29) is 11.4 Å². The molecule has 0 aliphatic heterocycles. The summed E-state index contributed by atoms with van der Waals surface area (Å²) in [5.74, 6) is 0.728. The van der Waals surface area contributed by atoms with Crippen molar-refractivity contribution in [2.75, 3.05) is 18.2 Å². The molecule has 104 valence electrons. The molecule has 0 saturated heterocycles. The summed E-state index contributed by atoms with van der Waals surface area (Å²) in [6.45, 7) is 0.411. The molecule has 20 heavy (non-hydrogen) atoms. The molecule has 0 fully saturated rings. The zero-order chi connectivity index (χ0) is 14.5. The molecule has 0 amide bonds. The van der Waals surface area contributed by atoms with Crippen LogP contribution in [-0.4, -0.2) is 12.0 Å². The van der Waals surface area contributed by atoms with Crippen LogP contribution in [0.1, 0.15) is 5.56 Å². The summed E-state index contributed by atoms with van der Waals surface area (Å²) in [4.78, 5) is 10.6. The highest BCUT2D eigenvalue weighted by Gasteiger charge is 2.17. The Morgan fingerprint density at radius 3 is 2.70 bits per heavy atom. The minimum absolute atomic E-state index is 0.109. The van der Waals surface area contributed by atoms with Crippen molar-refractivity contribution in [3.63, 3.8) is 0 Å². The molecule has 0 aromatic heterocycles. The lowest BCUT2D eigenvalue weighted by molar-refractivity contribution is -0.383. The van der Waals surface area contributed by atoms with Crippen molar-refractivity contribution >= 4 is 17.1 Å². The summed E-state index contributed by atoms with van der Waals surface area (Å²) in [5, 5.41) is 14.1. The van der Waals surface area contributed by atoms with Crippen LogP contribution in [0.25, 0.3) is 0 Å². The summed E-state index contributed by atoms with van der Waals surface area (Å²) >= 11 is 0. The number of para-hydroxylation sites is 2. The maximum absolute atomic E-state index is 11.0. The van der Waals surface area contributed by atoms with Gasteiger partial charge in [-0.2, -0.15) is 0 Å². The van der Waals surface area contributed by atoms with Gasteiger partial charge in [-0.1, -0.05) is 24.3 Å². The maximum Gasteiger partial charge on any atom is 0.314 e. The SMILES string of the molecule is COc1ccccc1CNc1cccc(N)c1[N+](=O)[O-]. The molecule has 0 atom stereocenters. The van der Waals surface area contributed by atoms with E-state index in [1.165, 1.54) is 6.07 Å². The van der Waals surface area contributed by atoms with Gasteiger partial charge in [-0.3, -0.25) is 10.1 Å². The molecule has 0 heterocycles. The number of nitrogens with one attached hydrogen (secondary N) is 1. The second-order valence-corrected chi connectivity index (χ2v) is 4.17. The summed E-state index contributed by atoms with van der Waals surface area (Å²) in [7, 11) is 1.59. The van der Waals surface area contributed by atoms with Gasteiger partial charge in [0, 0.05) is 12.1 Å². The molecule has 6 nitrogen and oxygen atoms in total. The number of nitro benzene ring substituents is 1. The van der Waals surface area contributed by atoms with Gasteiger partial charge in [0.05, 0.1) is 12.0 Å². The molecule has 0 unspecified atom stereocenters. The largest absolute Gasteiger partial charge is 0.496 e. The van der Waals surface area contributed by atoms with Crippen molar-refractivity contribution in [2.24, 2.45) is 0 Å². The monoisotopic (exact) mass is 273 g/mol. The zero-order valence-electron chi connectivity index (χ0n) is 11.0. The van der Waals surface area contributed by atoms with Gasteiger partial charge < -0.3 is 15.8 Å². The van der Waals surface area contributed by atoms with Crippen LogP contribution in [0.3, 0.4) is 0 Å². The summed E-state index contributed by atoms with van der Waals surface area (Å²) < 4.78 is 5.24. The Kier molecular flexibility index (Phi) is 4.05. The first-order valence-electron chi connectivity index (χ1n) is 6.02. The molecular formula is C14H15N3O3. The Labute approximate surface area is 116 Å². The van der Waals surface area contributed by atoms with E-state index in [1.807, 2.05) is 24.3 Å². The van der Waals surface area contributed by atoms with Crippen molar-refractivity contribution in [2.45, 2.75) is 6.54 Å². The second kappa shape index (κ2) is 5.92. The first kappa shape index (κ1) is 13.7. The van der Waals surface area contributed by atoms with Gasteiger partial charge in [0.25, 0.3) is 0 Å². The Morgan fingerprint density at radius 1 is 1.25 bits per heavy atom. The second-order valence-electron chi connectivity index (χ2n) is 4.17. The van der Waals surface area contributed by atoms with Gasteiger partial charge in [0.2, 0.25) is 0 Å². The molecule has 0 aliphatic rings. The fourth-order valence-electron chi connectivity index (χ4n) is 1.95. The normalized spacial score (nSPS) is 10.1. The first-order valence-corrected chi connectivity index (χ1v) is 6.02. The number of nitrogens with zero attached hydrogens (tertiary/aromatic N) is 1. The summed E-state index contributed by atoms with van der Waals surface area (Å²) in [5.41, 5.74) is 6.97. The number of nitro groups is 1. The fourth-order valence-corrected chi connectivity index (χ4v) is 1.95. The number of hydrogen-bond donors (Lipinski definition) is 2. The van der Waals surface area contributed by atoms with Crippen LogP contribution in [-0.2, 0) is 6.54 Å². The standard InChI is InChI=1S/C14H15N3O3/c1-20-13-8-3-2-5-10(13)9-16-12-7-4-6-11(15)14(12)17(18)19/h2-8,16H,9,15H2,1H3. The number of methoxy groups -OCH3 is 1. The Bertz CT molecular complexity index is 629. The van der Waals surface area contributed by atoms with Crippen molar-refractivity contribution in [3.05, 3.63) is 58.1 Å². The predicted octanol–water partition coefficient (Wildman–Crippen LogP) is 2.80. The highest BCUT2D eigenvalue weighted by Crippen LogP contribution is 2.31. The van der Waals surface area contributed by atoms with Gasteiger partial charge in [0.15, 0.2) is 0 Å². The van der Waals surface area contributed by atoms with E-state index in [1.54, 1.807) is 19.2 Å². The van der Waals surface area contributed by atoms with Crippen molar-refractivity contribution in [3.8, 4) is 5.75 Å². The lowest BCUT2D eigenvalue weighted by atomic mass is 10.2. The van der Waals surface area contributed by atoms with Gasteiger partial charge in [-0.25, -0.2) is 0 Å². The molecular weight excluding hydrogens is 258 g/mol. The van der Waals surface area contributed by atoms with Gasteiger partial charge in [-0.15, -0.1) is 0 Å². The van der Waals surface area contributed by atoms with Crippen LogP contribution in [0.2, 0.25) is 0 Å². The van der Waals surface area contributed by atoms with E-state index in [2.05, 4.69) is 5.32 Å². The Balaban J connectivity index is 2.23. The highest BCUT2D eigenvalue weighted by molar-refractivity contribution is 5.74. The van der Waals surface area contributed by atoms with E-state index in [9.17, 15) is 10.1 Å². The van der Waals surface area contributed by atoms with Crippen LogP contribution < -0.4 is 15.8 Å². The van der Waals surface area contributed by atoms with E-state index < -0.39 is 4.92 Å². The zero-order valence-corrected chi connectivity index (χ0v) is 11.0. The van der Waals surface area contributed by atoms with Crippen molar-refractivity contribution in [1.29, 1.82) is 0 Å². The van der Waals surface area contributed by atoms with Crippen LogP contribution >= 0.6 is 0 Å². The minimum atomic E-state index is -0.486. The molecule has 6 heteroatoms. The highest BCUT2D eigenvalue weighted by atomic mass is 16.6. The number of rotatable bonds is 5. The minimum Gasteiger partial charge on any atom is -0.496 e. The molecule has 2 aromatic rings. The van der Waals surface area contributed by atoms with Gasteiger partial charge in [-0.05, 0) is 18.2 Å². The molecule has 0 spiro atoms. The topological polar surface area (TPSA) is 90.4 Å². The number of ether oxygens (including phenoxy) is 1. The van der Waals surface area contributed by atoms with E-state index >= 15 is 0 Å². The summed E-state index contributed by atoms with van der Waals surface area (Å²) in [6.07, 6.45) is 0.